The van der Waals surface area contributed by atoms with Crippen LogP contribution in [0.25, 0.3) is 10.2 Å². The molecular weight excluding hydrogens is 390 g/mol. The lowest BCUT2D eigenvalue weighted by Gasteiger charge is -2.15. The normalized spacial score (nSPS) is 15.0. The maximum atomic E-state index is 13.1. The molecule has 2 aromatic heterocycles. The number of fused-ring (bicyclic) bond motifs is 3. The van der Waals surface area contributed by atoms with Crippen molar-refractivity contribution in [1.82, 2.24) is 14.9 Å². The number of thiophene rings is 1. The molecule has 1 atom stereocenters. The number of nitrogens with zero attached hydrogens (tertiary/aromatic N) is 2. The van der Waals surface area contributed by atoms with Gasteiger partial charge in [0.2, 0.25) is 5.91 Å². The summed E-state index contributed by atoms with van der Waals surface area (Å²) in [5.74, 6) is 0.929. The molecule has 0 radical (unpaired) electrons. The predicted molar refractivity (Wildman–Crippen MR) is 119 cm³/mol. The second kappa shape index (κ2) is 9.44. The van der Waals surface area contributed by atoms with Crippen LogP contribution in [0.5, 0.6) is 0 Å². The lowest BCUT2D eigenvalue weighted by atomic mass is 9.97. The molecule has 1 amide bonds. The summed E-state index contributed by atoms with van der Waals surface area (Å²) >= 11 is 3.03. The first-order chi connectivity index (χ1) is 13.4. The molecule has 0 fully saturated rings. The van der Waals surface area contributed by atoms with E-state index in [1.807, 2.05) is 13.8 Å². The molecule has 0 aliphatic heterocycles. The van der Waals surface area contributed by atoms with Crippen molar-refractivity contribution in [2.24, 2.45) is 5.92 Å². The Morgan fingerprint density at radius 3 is 2.71 bits per heavy atom. The van der Waals surface area contributed by atoms with E-state index in [4.69, 9.17) is 4.98 Å². The molecule has 0 saturated carbocycles. The van der Waals surface area contributed by atoms with E-state index >= 15 is 0 Å². The largest absolute Gasteiger partial charge is 0.353 e. The van der Waals surface area contributed by atoms with Crippen LogP contribution in [-0.4, -0.2) is 27.3 Å². The molecule has 5 nitrogen and oxygen atoms in total. The number of rotatable bonds is 8. The fourth-order valence-corrected chi connectivity index (χ4v) is 5.89. The van der Waals surface area contributed by atoms with Gasteiger partial charge in [-0.15, -0.1) is 11.3 Å². The molecule has 3 rings (SSSR count). The highest BCUT2D eigenvalue weighted by molar-refractivity contribution is 7.99. The number of nitrogens with one attached hydrogen (secondary N) is 1. The number of aryl methyl sites for hydroxylation is 2. The summed E-state index contributed by atoms with van der Waals surface area (Å²) in [5, 5.41) is 4.54. The standard InChI is InChI=1S/C21H31N3O2S2/c1-5-24-20(26)18-15-8-6-7-9-16(15)28-19(18)23-21(24)27-12-17(25)22-14(4)11-10-13(2)3/h13-14H,5-12H2,1-4H3,(H,22,25)/t14-/m1/s1. The maximum Gasteiger partial charge on any atom is 0.263 e. The molecule has 0 aromatic carbocycles. The Morgan fingerprint density at radius 1 is 1.25 bits per heavy atom. The molecule has 28 heavy (non-hydrogen) atoms. The van der Waals surface area contributed by atoms with Crippen LogP contribution in [0, 0.1) is 5.92 Å². The molecule has 0 unspecified atom stereocenters. The first-order valence-electron chi connectivity index (χ1n) is 10.4. The van der Waals surface area contributed by atoms with Crippen LogP contribution in [0.4, 0.5) is 0 Å². The summed E-state index contributed by atoms with van der Waals surface area (Å²) in [5.41, 5.74) is 1.28. The second-order valence-electron chi connectivity index (χ2n) is 8.06. The minimum atomic E-state index is 0.00345. The van der Waals surface area contributed by atoms with Gasteiger partial charge in [0, 0.05) is 17.5 Å². The lowest BCUT2D eigenvalue weighted by molar-refractivity contribution is -0.119. The van der Waals surface area contributed by atoms with Gasteiger partial charge < -0.3 is 5.32 Å². The van der Waals surface area contributed by atoms with Gasteiger partial charge in [0.1, 0.15) is 4.83 Å². The van der Waals surface area contributed by atoms with Crippen LogP contribution in [0.1, 0.15) is 63.8 Å². The van der Waals surface area contributed by atoms with Gasteiger partial charge in [0.15, 0.2) is 5.16 Å². The minimum absolute atomic E-state index is 0.00345. The lowest BCUT2D eigenvalue weighted by Crippen LogP contribution is -2.34. The Hall–Kier alpha value is -1.34. The summed E-state index contributed by atoms with van der Waals surface area (Å²) < 4.78 is 1.73. The molecule has 1 aliphatic carbocycles. The van der Waals surface area contributed by atoms with Crippen LogP contribution in [0.3, 0.4) is 0 Å². The van der Waals surface area contributed by atoms with Gasteiger partial charge in [0.25, 0.3) is 5.56 Å². The number of hydrogen-bond acceptors (Lipinski definition) is 5. The predicted octanol–water partition coefficient (Wildman–Crippen LogP) is 4.39. The molecule has 154 valence electrons. The summed E-state index contributed by atoms with van der Waals surface area (Å²) in [6.45, 7) is 8.97. The van der Waals surface area contributed by atoms with Crippen molar-refractivity contribution in [3.8, 4) is 0 Å². The highest BCUT2D eigenvalue weighted by Crippen LogP contribution is 2.34. The van der Waals surface area contributed by atoms with Gasteiger partial charge in [0.05, 0.1) is 11.1 Å². The smallest absolute Gasteiger partial charge is 0.263 e. The quantitative estimate of drug-likeness (QED) is 0.507. The summed E-state index contributed by atoms with van der Waals surface area (Å²) in [6, 6.07) is 0.170. The molecule has 1 aliphatic rings. The van der Waals surface area contributed by atoms with E-state index in [1.165, 1.54) is 28.6 Å². The van der Waals surface area contributed by atoms with Gasteiger partial charge in [-0.3, -0.25) is 14.2 Å². The van der Waals surface area contributed by atoms with Gasteiger partial charge in [-0.25, -0.2) is 4.98 Å². The minimum Gasteiger partial charge on any atom is -0.353 e. The van der Waals surface area contributed by atoms with E-state index in [9.17, 15) is 9.59 Å². The molecule has 1 N–H and O–H groups in total. The van der Waals surface area contributed by atoms with E-state index in [-0.39, 0.29) is 23.3 Å². The molecule has 0 bridgehead atoms. The Morgan fingerprint density at radius 2 is 2.00 bits per heavy atom. The Bertz CT molecular complexity index is 901. The van der Waals surface area contributed by atoms with Crippen molar-refractivity contribution in [2.45, 2.75) is 84.0 Å². The number of aromatic nitrogens is 2. The number of thioether (sulfide) groups is 1. The van der Waals surface area contributed by atoms with E-state index < -0.39 is 0 Å². The monoisotopic (exact) mass is 421 g/mol. The third-order valence-corrected chi connectivity index (χ3v) is 7.43. The van der Waals surface area contributed by atoms with E-state index in [2.05, 4.69) is 19.2 Å². The van der Waals surface area contributed by atoms with Gasteiger partial charge in [-0.1, -0.05) is 25.6 Å². The first kappa shape index (κ1) is 21.4. The van der Waals surface area contributed by atoms with Crippen LogP contribution in [-0.2, 0) is 24.2 Å². The molecule has 7 heteroatoms. The van der Waals surface area contributed by atoms with Crippen molar-refractivity contribution in [3.63, 3.8) is 0 Å². The van der Waals surface area contributed by atoms with Gasteiger partial charge >= 0.3 is 0 Å². The Balaban J connectivity index is 1.74. The SMILES string of the molecule is CCn1c(SCC(=O)N[C@H](C)CCC(C)C)nc2sc3c(c2c1=O)CCCC3. The first-order valence-corrected chi connectivity index (χ1v) is 12.2. The zero-order chi connectivity index (χ0) is 20.3. The van der Waals surface area contributed by atoms with E-state index in [0.29, 0.717) is 17.6 Å². The van der Waals surface area contributed by atoms with Gasteiger partial charge in [-0.2, -0.15) is 0 Å². The molecular formula is C21H31N3O2S2. The number of hydrogen-bond donors (Lipinski definition) is 1. The Kier molecular flexibility index (Phi) is 7.20. The second-order valence-corrected chi connectivity index (χ2v) is 10.1. The zero-order valence-corrected chi connectivity index (χ0v) is 19.0. The van der Waals surface area contributed by atoms with Crippen LogP contribution >= 0.6 is 23.1 Å². The zero-order valence-electron chi connectivity index (χ0n) is 17.3. The average Bonchev–Trinajstić information content (AvgIpc) is 3.03. The molecule has 0 saturated heterocycles. The molecule has 2 aromatic rings. The van der Waals surface area contributed by atoms with Crippen LogP contribution in [0.2, 0.25) is 0 Å². The summed E-state index contributed by atoms with van der Waals surface area (Å²) in [4.78, 5) is 32.4. The van der Waals surface area contributed by atoms with Crippen LogP contribution < -0.4 is 10.9 Å². The highest BCUT2D eigenvalue weighted by atomic mass is 32.2. The van der Waals surface area contributed by atoms with Crippen molar-refractivity contribution in [1.29, 1.82) is 0 Å². The summed E-state index contributed by atoms with van der Waals surface area (Å²) in [6.07, 6.45) is 6.47. The highest BCUT2D eigenvalue weighted by Gasteiger charge is 2.22. The number of carbonyl (C=O) groups is 1. The summed E-state index contributed by atoms with van der Waals surface area (Å²) in [7, 11) is 0. The third-order valence-electron chi connectivity index (χ3n) is 5.27. The van der Waals surface area contributed by atoms with Crippen molar-refractivity contribution in [2.75, 3.05) is 5.75 Å². The maximum absolute atomic E-state index is 13.1. The topological polar surface area (TPSA) is 64.0 Å². The Labute approximate surface area is 175 Å². The fraction of sp³-hybridized carbons (Fsp3) is 0.667. The number of amides is 1. The molecule has 2 heterocycles. The average molecular weight is 422 g/mol. The van der Waals surface area contributed by atoms with Crippen molar-refractivity contribution < 1.29 is 4.79 Å². The van der Waals surface area contributed by atoms with Crippen molar-refractivity contribution in [3.05, 3.63) is 20.8 Å². The fourth-order valence-electron chi connectivity index (χ4n) is 3.71. The van der Waals surface area contributed by atoms with Gasteiger partial charge in [-0.05, 0) is 63.9 Å². The van der Waals surface area contributed by atoms with E-state index in [1.54, 1.807) is 15.9 Å². The molecule has 0 spiro atoms. The van der Waals surface area contributed by atoms with Crippen molar-refractivity contribution >= 4 is 39.2 Å². The van der Waals surface area contributed by atoms with E-state index in [0.717, 1.165) is 42.3 Å². The van der Waals surface area contributed by atoms with Crippen LogP contribution in [0.15, 0.2) is 9.95 Å². The third kappa shape index (κ3) is 4.79. The number of carbonyl (C=O) groups excluding carboxylic acids is 1.